The van der Waals surface area contributed by atoms with Crippen LogP contribution in [0.1, 0.15) is 5.56 Å². The minimum atomic E-state index is -2.85. The molecule has 0 spiro atoms. The van der Waals surface area contributed by atoms with Crippen LogP contribution in [-0.2, 0) is 0 Å². The number of hydrogen-bond acceptors (Lipinski definition) is 5. The number of hydrogen-bond donors (Lipinski definition) is 0. The zero-order valence-corrected chi connectivity index (χ0v) is 16.5. The van der Waals surface area contributed by atoms with Gasteiger partial charge < -0.3 is 9.47 Å². The molecule has 2 aromatic carbocycles. The molecule has 3 aromatic rings. The van der Waals surface area contributed by atoms with Crippen molar-refractivity contribution in [2.45, 2.75) is 6.61 Å². The van der Waals surface area contributed by atoms with E-state index in [1.165, 1.54) is 23.5 Å². The Morgan fingerprint density at radius 3 is 2.41 bits per heavy atom. The molecule has 5 nitrogen and oxygen atoms in total. The number of thiazole rings is 1. The number of benzene rings is 2. The van der Waals surface area contributed by atoms with Crippen molar-refractivity contribution >= 4 is 17.6 Å². The molecule has 0 N–H and O–H groups in total. The van der Waals surface area contributed by atoms with Gasteiger partial charge in [-0.05, 0) is 54.1 Å². The second-order valence-corrected chi connectivity index (χ2v) is 6.60. The molecule has 0 atom stereocenters. The van der Waals surface area contributed by atoms with Crippen LogP contribution in [0.15, 0.2) is 76.7 Å². The molecule has 0 amide bonds. The van der Waals surface area contributed by atoms with Crippen molar-refractivity contribution in [3.63, 3.8) is 0 Å². The Kier molecular flexibility index (Phi) is 6.91. The molecule has 0 radical (unpaired) electrons. The summed E-state index contributed by atoms with van der Waals surface area (Å²) >= 11 is 1.47. The Balaban J connectivity index is 1.94. The van der Waals surface area contributed by atoms with Crippen LogP contribution in [0.2, 0.25) is 0 Å². The number of alkyl halides is 2. The zero-order chi connectivity index (χ0) is 20.6. The van der Waals surface area contributed by atoms with Crippen molar-refractivity contribution in [3.05, 3.63) is 76.9 Å². The second-order valence-electron chi connectivity index (χ2n) is 5.77. The average molecular weight is 415 g/mol. The van der Waals surface area contributed by atoms with Gasteiger partial charge in [-0.3, -0.25) is 4.99 Å². The fraction of sp³-hybridized carbons (Fsp3) is 0.143. The molecular weight excluding hydrogens is 396 g/mol. The normalized spacial score (nSPS) is 11.9. The lowest BCUT2D eigenvalue weighted by Gasteiger charge is -2.06. The summed E-state index contributed by atoms with van der Waals surface area (Å²) in [6, 6.07) is 13.9. The van der Waals surface area contributed by atoms with Gasteiger partial charge in [0.2, 0.25) is 4.80 Å². The molecule has 0 aliphatic rings. The molecule has 1 aromatic heterocycles. The number of ether oxygens (including phenoxy) is 2. The van der Waals surface area contributed by atoms with Gasteiger partial charge in [-0.25, -0.2) is 4.68 Å². The van der Waals surface area contributed by atoms with E-state index in [4.69, 9.17) is 4.74 Å². The highest BCUT2D eigenvalue weighted by Crippen LogP contribution is 2.23. The third-order valence-electron chi connectivity index (χ3n) is 3.85. The summed E-state index contributed by atoms with van der Waals surface area (Å²) in [5.41, 5.74) is 2.56. The first-order valence-electron chi connectivity index (χ1n) is 8.66. The molecule has 0 unspecified atom stereocenters. The first-order valence-corrected chi connectivity index (χ1v) is 9.54. The quantitative estimate of drug-likeness (QED) is 0.392. The van der Waals surface area contributed by atoms with Gasteiger partial charge in [0.15, 0.2) is 0 Å². The van der Waals surface area contributed by atoms with Gasteiger partial charge in [0, 0.05) is 10.9 Å². The summed E-state index contributed by atoms with van der Waals surface area (Å²) in [5, 5.41) is 6.53. The molecule has 0 aliphatic carbocycles. The highest BCUT2D eigenvalue weighted by molar-refractivity contribution is 7.07. The summed E-state index contributed by atoms with van der Waals surface area (Å²) in [6.07, 6.45) is 3.35. The number of methoxy groups -OCH3 is 1. The maximum absolute atomic E-state index is 12.3. The summed E-state index contributed by atoms with van der Waals surface area (Å²) < 4.78 is 35.9. The molecule has 0 saturated heterocycles. The van der Waals surface area contributed by atoms with E-state index in [9.17, 15) is 8.78 Å². The minimum absolute atomic E-state index is 0.0981. The fourth-order valence-corrected chi connectivity index (χ4v) is 3.33. The van der Waals surface area contributed by atoms with Crippen LogP contribution < -0.4 is 14.3 Å². The Bertz CT molecular complexity index is 1040. The Labute approximate surface area is 170 Å². The van der Waals surface area contributed by atoms with Gasteiger partial charge in [0.1, 0.15) is 11.5 Å². The molecule has 3 rings (SSSR count). The smallest absolute Gasteiger partial charge is 0.387 e. The fourth-order valence-electron chi connectivity index (χ4n) is 2.48. The zero-order valence-electron chi connectivity index (χ0n) is 15.7. The molecule has 0 fully saturated rings. The summed E-state index contributed by atoms with van der Waals surface area (Å²) in [6.45, 7) is 1.32. The first kappa shape index (κ1) is 20.5. The molecule has 1 heterocycles. The SMILES string of the molecule is C=CCN=c1scc(-c2ccc(OC)cc2)n1/N=C\c1ccc(OC(F)F)cc1. The van der Waals surface area contributed by atoms with Crippen molar-refractivity contribution in [1.29, 1.82) is 0 Å². The van der Waals surface area contributed by atoms with Crippen LogP contribution in [0.25, 0.3) is 11.3 Å². The van der Waals surface area contributed by atoms with Gasteiger partial charge >= 0.3 is 6.61 Å². The van der Waals surface area contributed by atoms with Crippen molar-refractivity contribution < 1.29 is 18.3 Å². The van der Waals surface area contributed by atoms with Crippen molar-refractivity contribution in [2.24, 2.45) is 10.1 Å². The van der Waals surface area contributed by atoms with Gasteiger partial charge in [-0.2, -0.15) is 13.9 Å². The van der Waals surface area contributed by atoms with Crippen LogP contribution >= 0.6 is 11.3 Å². The maximum atomic E-state index is 12.3. The largest absolute Gasteiger partial charge is 0.497 e. The van der Waals surface area contributed by atoms with Gasteiger partial charge in [-0.1, -0.05) is 6.08 Å². The van der Waals surface area contributed by atoms with Gasteiger partial charge in [0.25, 0.3) is 0 Å². The lowest BCUT2D eigenvalue weighted by atomic mass is 10.2. The predicted octanol–water partition coefficient (Wildman–Crippen LogP) is 4.80. The van der Waals surface area contributed by atoms with Crippen LogP contribution in [0.5, 0.6) is 11.5 Å². The second kappa shape index (κ2) is 9.79. The van der Waals surface area contributed by atoms with E-state index in [1.807, 2.05) is 29.6 Å². The number of rotatable bonds is 8. The van der Waals surface area contributed by atoms with Gasteiger partial charge in [-0.15, -0.1) is 17.9 Å². The Hall–Kier alpha value is -3.26. The first-order chi connectivity index (χ1) is 14.1. The predicted molar refractivity (Wildman–Crippen MR) is 111 cm³/mol. The maximum Gasteiger partial charge on any atom is 0.387 e. The Morgan fingerprint density at radius 2 is 1.79 bits per heavy atom. The summed E-state index contributed by atoms with van der Waals surface area (Å²) in [4.78, 5) is 5.20. The van der Waals surface area contributed by atoms with E-state index in [2.05, 4.69) is 21.4 Å². The topological polar surface area (TPSA) is 48.1 Å². The highest BCUT2D eigenvalue weighted by atomic mass is 32.1. The molecule has 0 saturated carbocycles. The molecule has 0 bridgehead atoms. The van der Waals surface area contributed by atoms with Crippen LogP contribution in [0, 0.1) is 0 Å². The van der Waals surface area contributed by atoms with E-state index in [0.717, 1.165) is 22.6 Å². The van der Waals surface area contributed by atoms with Gasteiger partial charge in [0.05, 0.1) is 25.6 Å². The number of aromatic nitrogens is 1. The highest BCUT2D eigenvalue weighted by Gasteiger charge is 2.08. The van der Waals surface area contributed by atoms with E-state index in [-0.39, 0.29) is 5.75 Å². The molecule has 150 valence electrons. The Morgan fingerprint density at radius 1 is 1.10 bits per heavy atom. The van der Waals surface area contributed by atoms with Crippen LogP contribution in [0.4, 0.5) is 8.78 Å². The average Bonchev–Trinajstić information content (AvgIpc) is 3.14. The molecule has 29 heavy (non-hydrogen) atoms. The van der Waals surface area contributed by atoms with E-state index in [0.29, 0.717) is 11.3 Å². The van der Waals surface area contributed by atoms with Crippen molar-refractivity contribution in [2.75, 3.05) is 13.7 Å². The third kappa shape index (κ3) is 5.39. The van der Waals surface area contributed by atoms with E-state index in [1.54, 1.807) is 36.2 Å². The van der Waals surface area contributed by atoms with E-state index < -0.39 is 6.61 Å². The van der Waals surface area contributed by atoms with Crippen molar-refractivity contribution in [1.82, 2.24) is 4.68 Å². The van der Waals surface area contributed by atoms with Crippen LogP contribution in [0.3, 0.4) is 0 Å². The summed E-state index contributed by atoms with van der Waals surface area (Å²) in [5.74, 6) is 0.864. The van der Waals surface area contributed by atoms with Crippen LogP contribution in [-0.4, -0.2) is 31.2 Å². The number of nitrogens with zero attached hydrogens (tertiary/aromatic N) is 3. The lowest BCUT2D eigenvalue weighted by molar-refractivity contribution is -0.0498. The molecule has 8 heteroatoms. The standard InChI is InChI=1S/C21H19F2N3O2S/c1-3-12-24-21-26(19(14-29-21)16-6-10-17(27-2)11-7-16)25-13-15-4-8-18(9-5-15)28-20(22)23/h3-11,13-14,20H,1,12H2,2H3/b24-21?,25-13-. The molecular formula is C21H19F2N3O2S. The lowest BCUT2D eigenvalue weighted by Crippen LogP contribution is -2.12. The van der Waals surface area contributed by atoms with E-state index >= 15 is 0 Å². The van der Waals surface area contributed by atoms with Crippen molar-refractivity contribution in [3.8, 4) is 22.8 Å². The summed E-state index contributed by atoms with van der Waals surface area (Å²) in [7, 11) is 1.62. The third-order valence-corrected chi connectivity index (χ3v) is 4.71. The monoisotopic (exact) mass is 415 g/mol. The molecule has 0 aliphatic heterocycles. The number of halogens is 2. The minimum Gasteiger partial charge on any atom is -0.497 e.